The molecule has 3 unspecified atom stereocenters. The van der Waals surface area contributed by atoms with Crippen molar-refractivity contribution >= 4 is 41.2 Å². The predicted molar refractivity (Wildman–Crippen MR) is 190 cm³/mol. The zero-order valence-corrected chi connectivity index (χ0v) is 29.5. The van der Waals surface area contributed by atoms with E-state index in [9.17, 15) is 29.1 Å². The molecule has 0 aromatic heterocycles. The largest absolute Gasteiger partial charge is 0.508 e. The van der Waals surface area contributed by atoms with Gasteiger partial charge in [0.15, 0.2) is 5.78 Å². The summed E-state index contributed by atoms with van der Waals surface area (Å²) in [6, 6.07) is 12.6. The van der Waals surface area contributed by atoms with Crippen LogP contribution in [0.3, 0.4) is 0 Å². The van der Waals surface area contributed by atoms with Crippen molar-refractivity contribution in [3.05, 3.63) is 65.7 Å². The molecule has 6 rings (SSSR count). The Morgan fingerprint density at radius 1 is 0.900 bits per heavy atom. The van der Waals surface area contributed by atoms with Crippen molar-refractivity contribution in [3.63, 3.8) is 0 Å². The summed E-state index contributed by atoms with van der Waals surface area (Å²) in [4.78, 5) is 68.0. The van der Waals surface area contributed by atoms with E-state index in [0.29, 0.717) is 36.9 Å². The highest BCUT2D eigenvalue weighted by Gasteiger charge is 2.71. The molecule has 4 saturated carbocycles. The van der Waals surface area contributed by atoms with Crippen molar-refractivity contribution < 1.29 is 33.8 Å². The first-order valence-electron chi connectivity index (χ1n) is 17.3. The molecule has 8 N–H and O–H groups in total. The van der Waals surface area contributed by atoms with Crippen molar-refractivity contribution in [2.24, 2.45) is 34.6 Å². The van der Waals surface area contributed by atoms with E-state index in [1.165, 1.54) is 31.0 Å². The highest BCUT2D eigenvalue weighted by Crippen LogP contribution is 2.64. The van der Waals surface area contributed by atoms with Crippen LogP contribution in [0.15, 0.2) is 54.6 Å². The number of rotatable bonds is 16. The Balaban J connectivity index is 1.28. The van der Waals surface area contributed by atoms with Crippen LogP contribution >= 0.6 is 11.8 Å². The molecule has 0 radical (unpaired) electrons. The number of hydrogen-bond donors (Lipinski definition) is 6. The normalized spacial score (nSPS) is 26.7. The molecular formula is C37H49N5O7S. The first-order valence-corrected chi connectivity index (χ1v) is 18.6. The average molecular weight is 708 g/mol. The molecule has 3 amide bonds. The molecule has 0 spiro atoms. The zero-order chi connectivity index (χ0) is 36.1. The predicted octanol–water partition coefficient (Wildman–Crippen LogP) is 1.61. The number of aromatic hydroxyl groups is 1. The maximum atomic E-state index is 14.7. The number of esters is 1. The monoisotopic (exact) mass is 707 g/mol. The van der Waals surface area contributed by atoms with Gasteiger partial charge < -0.3 is 37.3 Å². The number of ketones is 1. The fourth-order valence-corrected chi connectivity index (χ4v) is 9.15. The third-order valence-electron chi connectivity index (χ3n) is 10.9. The number of thioether (sulfide) groups is 1. The Morgan fingerprint density at radius 2 is 1.54 bits per heavy atom. The van der Waals surface area contributed by atoms with E-state index < -0.39 is 65.1 Å². The summed E-state index contributed by atoms with van der Waals surface area (Å²) < 4.78 is 5.30. The SMILES string of the molecule is COC(=O)C12CC3CC(CC(C3)C1(N)C(=O)[C@H](Cc1ccccc1)NC(=O)CNC(=O)[C@@H](CCSC)NC(=O)[C@@H](N)Cc1ccc(O)cc1)C2. The van der Waals surface area contributed by atoms with Crippen LogP contribution in [0.5, 0.6) is 5.75 Å². The Kier molecular flexibility index (Phi) is 11.9. The fraction of sp³-hybridized carbons (Fsp3) is 0.541. The first kappa shape index (κ1) is 37.3. The van der Waals surface area contributed by atoms with Crippen LogP contribution in [-0.2, 0) is 41.6 Å². The summed E-state index contributed by atoms with van der Waals surface area (Å²) in [6.07, 6.45) is 6.02. The first-order chi connectivity index (χ1) is 23.9. The molecule has 4 aliphatic carbocycles. The lowest BCUT2D eigenvalue weighted by Crippen LogP contribution is -2.77. The van der Waals surface area contributed by atoms with Crippen molar-refractivity contribution in [2.75, 3.05) is 25.7 Å². The van der Waals surface area contributed by atoms with E-state index in [4.69, 9.17) is 16.2 Å². The minimum atomic E-state index is -1.52. The van der Waals surface area contributed by atoms with Gasteiger partial charge in [0.05, 0.1) is 36.7 Å². The summed E-state index contributed by atoms with van der Waals surface area (Å²) in [5, 5.41) is 17.7. The Morgan fingerprint density at radius 3 is 2.16 bits per heavy atom. The smallest absolute Gasteiger partial charge is 0.314 e. The van der Waals surface area contributed by atoms with Gasteiger partial charge in [0.2, 0.25) is 17.7 Å². The molecule has 4 aliphatic rings. The third-order valence-corrected chi connectivity index (χ3v) is 11.6. The van der Waals surface area contributed by atoms with Gasteiger partial charge in [0, 0.05) is 0 Å². The molecular weight excluding hydrogens is 659 g/mol. The highest BCUT2D eigenvalue weighted by atomic mass is 32.2. The van der Waals surface area contributed by atoms with Gasteiger partial charge in [-0.25, -0.2) is 0 Å². The van der Waals surface area contributed by atoms with Gasteiger partial charge in [-0.05, 0) is 104 Å². The number of nitrogens with two attached hydrogens (primary N) is 2. The summed E-state index contributed by atoms with van der Waals surface area (Å²) in [7, 11) is 1.33. The average Bonchev–Trinajstić information content (AvgIpc) is 3.11. The lowest BCUT2D eigenvalue weighted by Gasteiger charge is -2.64. The molecule has 2 aromatic rings. The second-order valence-electron chi connectivity index (χ2n) is 14.2. The number of hydrogen-bond acceptors (Lipinski definition) is 10. The second-order valence-corrected chi connectivity index (χ2v) is 15.2. The number of ether oxygens (including phenoxy) is 1. The number of carbonyl (C=O) groups is 5. The van der Waals surface area contributed by atoms with E-state index in [2.05, 4.69) is 16.0 Å². The molecule has 12 nitrogen and oxygen atoms in total. The summed E-state index contributed by atoms with van der Waals surface area (Å²) in [5.74, 6) is -1.51. The maximum absolute atomic E-state index is 14.7. The zero-order valence-electron chi connectivity index (χ0n) is 28.7. The van der Waals surface area contributed by atoms with Gasteiger partial charge in [-0.15, -0.1) is 0 Å². The lowest BCUT2D eigenvalue weighted by atomic mass is 9.40. The molecule has 4 bridgehead atoms. The minimum absolute atomic E-state index is 0.0980. The molecule has 270 valence electrons. The molecule has 2 aromatic carbocycles. The van der Waals surface area contributed by atoms with Gasteiger partial charge in [-0.2, -0.15) is 11.8 Å². The van der Waals surface area contributed by atoms with E-state index in [1.807, 2.05) is 36.6 Å². The highest BCUT2D eigenvalue weighted by molar-refractivity contribution is 7.98. The molecule has 0 saturated heterocycles. The Labute approximate surface area is 297 Å². The van der Waals surface area contributed by atoms with Gasteiger partial charge in [0.25, 0.3) is 0 Å². The number of amides is 3. The summed E-state index contributed by atoms with van der Waals surface area (Å²) in [5.41, 5.74) is 12.2. The molecule has 13 heteroatoms. The van der Waals surface area contributed by atoms with Gasteiger partial charge >= 0.3 is 5.97 Å². The lowest BCUT2D eigenvalue weighted by molar-refractivity contribution is -0.189. The molecule has 4 fully saturated rings. The van der Waals surface area contributed by atoms with Gasteiger partial charge in [0.1, 0.15) is 11.8 Å². The van der Waals surface area contributed by atoms with E-state index in [1.54, 1.807) is 12.1 Å². The number of carbonyl (C=O) groups excluding carboxylic acids is 5. The molecule has 6 atom stereocenters. The van der Waals surface area contributed by atoms with Gasteiger partial charge in [-0.3, -0.25) is 24.0 Å². The van der Waals surface area contributed by atoms with Crippen LogP contribution in [0.1, 0.15) is 49.7 Å². The Bertz CT molecular complexity index is 1540. The number of Topliss-reactive ketones (excluding diaryl/α,β-unsaturated/α-hetero) is 1. The maximum Gasteiger partial charge on any atom is 0.314 e. The number of benzene rings is 2. The van der Waals surface area contributed by atoms with E-state index in [0.717, 1.165) is 30.4 Å². The number of phenolic OH excluding ortho intramolecular Hbond substituents is 1. The van der Waals surface area contributed by atoms with Gasteiger partial charge in [-0.1, -0.05) is 42.5 Å². The number of methoxy groups -OCH3 is 1. The topological polar surface area (TPSA) is 203 Å². The van der Waals surface area contributed by atoms with Crippen LogP contribution in [0, 0.1) is 23.2 Å². The molecule has 0 heterocycles. The summed E-state index contributed by atoms with van der Waals surface area (Å²) in [6.45, 7) is -0.449. The van der Waals surface area contributed by atoms with Crippen LogP contribution in [0.25, 0.3) is 0 Å². The molecule has 0 aliphatic heterocycles. The Hall–Kier alpha value is -3.94. The standard InChI is InChI=1S/C37H49N5O7S/c1-49-35(48)36-19-24-14-25(20-36)16-26(15-24)37(36,39)32(45)30(18-22-6-4-3-5-7-22)41-31(44)21-40-34(47)29(12-13-50-2)42-33(46)28(38)17-23-8-10-27(43)11-9-23/h3-11,24-26,28-30,43H,12-21,38-39H2,1-2H3,(H,40,47)(H,41,44)(H,42,46)/t24?,25?,26?,28-,29+,30-,36?,37?/m0/s1. The van der Waals surface area contributed by atoms with Crippen molar-refractivity contribution in [2.45, 2.75) is 75.0 Å². The van der Waals surface area contributed by atoms with Crippen LogP contribution in [0.4, 0.5) is 0 Å². The minimum Gasteiger partial charge on any atom is -0.508 e. The van der Waals surface area contributed by atoms with Crippen LogP contribution in [0.2, 0.25) is 0 Å². The quantitative estimate of drug-likeness (QED) is 0.139. The van der Waals surface area contributed by atoms with Crippen molar-refractivity contribution in [3.8, 4) is 5.75 Å². The van der Waals surface area contributed by atoms with E-state index in [-0.39, 0.29) is 24.5 Å². The molecule has 50 heavy (non-hydrogen) atoms. The number of phenols is 1. The van der Waals surface area contributed by atoms with Crippen LogP contribution < -0.4 is 27.4 Å². The van der Waals surface area contributed by atoms with E-state index >= 15 is 0 Å². The fourth-order valence-electron chi connectivity index (χ4n) is 8.68. The second kappa shape index (κ2) is 15.9. The third kappa shape index (κ3) is 7.84. The summed E-state index contributed by atoms with van der Waals surface area (Å²) >= 11 is 1.50. The van der Waals surface area contributed by atoms with Crippen molar-refractivity contribution in [1.29, 1.82) is 0 Å². The number of nitrogens with one attached hydrogen (secondary N) is 3. The van der Waals surface area contributed by atoms with Crippen LogP contribution in [-0.4, -0.2) is 83.9 Å². The van der Waals surface area contributed by atoms with Crippen molar-refractivity contribution in [1.82, 2.24) is 16.0 Å².